The third-order valence-electron chi connectivity index (χ3n) is 3.29. The van der Waals surface area contributed by atoms with Gasteiger partial charge in [-0.15, -0.1) is 35.3 Å². The number of methoxy groups -OCH3 is 2. The van der Waals surface area contributed by atoms with E-state index in [4.69, 9.17) is 9.47 Å². The van der Waals surface area contributed by atoms with E-state index in [1.165, 1.54) is 4.88 Å². The number of benzene rings is 1. The Morgan fingerprint density at radius 2 is 1.96 bits per heavy atom. The molecule has 2 rings (SSSR count). The normalized spacial score (nSPS) is 10.8. The van der Waals surface area contributed by atoms with Crippen molar-refractivity contribution >= 4 is 41.3 Å². The van der Waals surface area contributed by atoms with Gasteiger partial charge in [0.15, 0.2) is 17.5 Å². The lowest BCUT2D eigenvalue weighted by atomic mass is 10.2. The highest BCUT2D eigenvalue weighted by atomic mass is 127. The number of thiazole rings is 1. The number of halogens is 1. The van der Waals surface area contributed by atoms with Gasteiger partial charge in [0.05, 0.1) is 27.3 Å². The van der Waals surface area contributed by atoms with Crippen molar-refractivity contribution in [1.82, 2.24) is 15.6 Å². The maximum Gasteiger partial charge on any atom is 0.191 e. The summed E-state index contributed by atoms with van der Waals surface area (Å²) in [5.74, 6) is 2.19. The summed E-state index contributed by atoms with van der Waals surface area (Å²) in [5, 5.41) is 7.59. The van der Waals surface area contributed by atoms with Crippen molar-refractivity contribution < 1.29 is 9.47 Å². The van der Waals surface area contributed by atoms with E-state index in [9.17, 15) is 0 Å². The van der Waals surface area contributed by atoms with Crippen LogP contribution in [0.1, 0.15) is 22.4 Å². The van der Waals surface area contributed by atoms with E-state index in [1.807, 2.05) is 31.3 Å². The Kier molecular flexibility index (Phi) is 9.58. The number of nitrogens with zero attached hydrogens (tertiary/aromatic N) is 2. The Balaban J connectivity index is 0.00000312. The van der Waals surface area contributed by atoms with Crippen LogP contribution in [0.3, 0.4) is 0 Å². The van der Waals surface area contributed by atoms with E-state index in [-0.39, 0.29) is 24.0 Å². The van der Waals surface area contributed by atoms with Crippen LogP contribution >= 0.6 is 35.3 Å². The third kappa shape index (κ3) is 6.69. The molecule has 0 atom stereocenters. The van der Waals surface area contributed by atoms with Crippen molar-refractivity contribution in [3.05, 3.63) is 39.8 Å². The smallest absolute Gasteiger partial charge is 0.191 e. The largest absolute Gasteiger partial charge is 0.493 e. The van der Waals surface area contributed by atoms with E-state index in [1.54, 1.807) is 25.6 Å². The molecule has 0 radical (unpaired) electrons. The predicted octanol–water partition coefficient (Wildman–Crippen LogP) is 3.34. The van der Waals surface area contributed by atoms with Crippen molar-refractivity contribution in [2.24, 2.45) is 4.99 Å². The summed E-state index contributed by atoms with van der Waals surface area (Å²) in [5.41, 5.74) is 1.05. The molecular formula is C17H25IN4O2S. The van der Waals surface area contributed by atoms with Gasteiger partial charge in [0.1, 0.15) is 5.01 Å². The summed E-state index contributed by atoms with van der Waals surface area (Å²) in [7, 11) is 3.26. The summed E-state index contributed by atoms with van der Waals surface area (Å²) in [4.78, 5) is 10.2. The van der Waals surface area contributed by atoms with Crippen molar-refractivity contribution in [1.29, 1.82) is 0 Å². The van der Waals surface area contributed by atoms with Crippen LogP contribution in [0.2, 0.25) is 0 Å². The molecule has 1 heterocycles. The quantitative estimate of drug-likeness (QED) is 0.365. The molecule has 1 aromatic carbocycles. The van der Waals surface area contributed by atoms with E-state index in [2.05, 4.69) is 27.5 Å². The fraction of sp³-hybridized carbons (Fsp3) is 0.412. The van der Waals surface area contributed by atoms with Crippen molar-refractivity contribution in [2.75, 3.05) is 20.8 Å². The maximum absolute atomic E-state index is 5.33. The molecule has 138 valence electrons. The van der Waals surface area contributed by atoms with Crippen LogP contribution in [0.5, 0.6) is 11.5 Å². The van der Waals surface area contributed by atoms with Crippen molar-refractivity contribution in [2.45, 2.75) is 26.9 Å². The first kappa shape index (κ1) is 21.5. The highest BCUT2D eigenvalue weighted by Gasteiger charge is 2.05. The molecule has 0 amide bonds. The summed E-state index contributed by atoms with van der Waals surface area (Å²) < 4.78 is 10.6. The van der Waals surface area contributed by atoms with Gasteiger partial charge < -0.3 is 20.1 Å². The molecular weight excluding hydrogens is 451 g/mol. The molecule has 25 heavy (non-hydrogen) atoms. The van der Waals surface area contributed by atoms with Gasteiger partial charge in [-0.05, 0) is 31.5 Å². The molecule has 6 nitrogen and oxygen atoms in total. The van der Waals surface area contributed by atoms with Gasteiger partial charge in [0.2, 0.25) is 0 Å². The highest BCUT2D eigenvalue weighted by Crippen LogP contribution is 2.27. The van der Waals surface area contributed by atoms with Crippen molar-refractivity contribution in [3.8, 4) is 11.5 Å². The second kappa shape index (κ2) is 11.1. The van der Waals surface area contributed by atoms with Gasteiger partial charge >= 0.3 is 0 Å². The van der Waals surface area contributed by atoms with Crippen molar-refractivity contribution in [3.63, 3.8) is 0 Å². The summed E-state index contributed by atoms with van der Waals surface area (Å²) in [6, 6.07) is 5.82. The molecule has 0 saturated carbocycles. The average Bonchev–Trinajstić information content (AvgIpc) is 3.02. The minimum Gasteiger partial charge on any atom is -0.493 e. The van der Waals surface area contributed by atoms with Crippen LogP contribution in [0.4, 0.5) is 0 Å². The van der Waals surface area contributed by atoms with Crippen LogP contribution in [0.25, 0.3) is 0 Å². The number of guanidine groups is 1. The first-order valence-corrected chi connectivity index (χ1v) is 8.62. The second-order valence-corrected chi connectivity index (χ2v) is 6.42. The summed E-state index contributed by atoms with van der Waals surface area (Å²) >= 11 is 1.68. The minimum atomic E-state index is 0. The van der Waals surface area contributed by atoms with E-state index >= 15 is 0 Å². The zero-order valence-corrected chi connectivity index (χ0v) is 18.1. The van der Waals surface area contributed by atoms with Crippen LogP contribution < -0.4 is 20.1 Å². The molecule has 8 heteroatoms. The molecule has 0 unspecified atom stereocenters. The Hall–Kier alpha value is -1.55. The van der Waals surface area contributed by atoms with Gasteiger partial charge in [-0.1, -0.05) is 6.07 Å². The number of nitrogens with one attached hydrogen (secondary N) is 2. The van der Waals surface area contributed by atoms with Gasteiger partial charge in [0.25, 0.3) is 0 Å². The molecule has 1 aromatic heterocycles. The van der Waals surface area contributed by atoms with Gasteiger partial charge in [-0.3, -0.25) is 0 Å². The topological polar surface area (TPSA) is 67.8 Å². The number of hydrogen-bond donors (Lipinski definition) is 2. The van der Waals surface area contributed by atoms with Crippen LogP contribution in [0, 0.1) is 6.92 Å². The molecule has 0 fully saturated rings. The van der Waals surface area contributed by atoms with Crippen LogP contribution in [-0.2, 0) is 13.1 Å². The average molecular weight is 476 g/mol. The van der Waals surface area contributed by atoms with Gasteiger partial charge in [-0.25, -0.2) is 9.98 Å². The monoisotopic (exact) mass is 476 g/mol. The zero-order chi connectivity index (χ0) is 17.4. The van der Waals surface area contributed by atoms with Crippen LogP contribution in [0.15, 0.2) is 29.4 Å². The second-order valence-electron chi connectivity index (χ2n) is 5.10. The van der Waals surface area contributed by atoms with Gasteiger partial charge in [-0.2, -0.15) is 0 Å². The predicted molar refractivity (Wildman–Crippen MR) is 113 cm³/mol. The fourth-order valence-corrected chi connectivity index (χ4v) is 2.86. The third-order valence-corrected chi connectivity index (χ3v) is 4.20. The SMILES string of the molecule is CCNC(=NCc1ccc(OC)c(OC)c1)NCc1ncc(C)s1.I. The summed E-state index contributed by atoms with van der Waals surface area (Å²) in [6.07, 6.45) is 1.88. The molecule has 2 N–H and O–H groups in total. The maximum atomic E-state index is 5.33. The first-order chi connectivity index (χ1) is 11.7. The number of hydrogen-bond acceptors (Lipinski definition) is 5. The lowest BCUT2D eigenvalue weighted by molar-refractivity contribution is 0.354. The van der Waals surface area contributed by atoms with E-state index < -0.39 is 0 Å². The Morgan fingerprint density at radius 1 is 1.20 bits per heavy atom. The number of aliphatic imine (C=N–C) groups is 1. The molecule has 0 spiro atoms. The van der Waals surface area contributed by atoms with Crippen LogP contribution in [-0.4, -0.2) is 31.7 Å². The molecule has 0 aliphatic carbocycles. The number of aryl methyl sites for hydroxylation is 1. The van der Waals surface area contributed by atoms with E-state index in [0.29, 0.717) is 18.8 Å². The molecule has 0 bridgehead atoms. The fourth-order valence-electron chi connectivity index (χ4n) is 2.13. The zero-order valence-electron chi connectivity index (χ0n) is 15.0. The Labute approximate surface area is 170 Å². The number of ether oxygens (including phenoxy) is 2. The molecule has 0 saturated heterocycles. The Morgan fingerprint density at radius 3 is 2.56 bits per heavy atom. The Bertz CT molecular complexity index is 691. The first-order valence-electron chi connectivity index (χ1n) is 7.80. The minimum absolute atomic E-state index is 0. The number of aromatic nitrogens is 1. The lowest BCUT2D eigenvalue weighted by Gasteiger charge is -2.11. The molecule has 0 aliphatic rings. The van der Waals surface area contributed by atoms with Gasteiger partial charge in [0, 0.05) is 17.6 Å². The lowest BCUT2D eigenvalue weighted by Crippen LogP contribution is -2.36. The van der Waals surface area contributed by atoms with E-state index in [0.717, 1.165) is 28.8 Å². The standard InChI is InChI=1S/C17H24N4O2S.HI/c1-5-18-17(21-11-16-19-9-12(2)24-16)20-10-13-6-7-14(22-3)15(8-13)23-4;/h6-9H,5,10-11H2,1-4H3,(H2,18,20,21);1H. The summed E-state index contributed by atoms with van der Waals surface area (Å²) in [6.45, 7) is 6.11. The molecule has 2 aromatic rings. The molecule has 0 aliphatic heterocycles. The number of rotatable bonds is 7. The highest BCUT2D eigenvalue weighted by molar-refractivity contribution is 14.0.